The third kappa shape index (κ3) is 3.37. The number of nitriles is 1. The highest BCUT2D eigenvalue weighted by molar-refractivity contribution is 5.95. The predicted molar refractivity (Wildman–Crippen MR) is 84.3 cm³/mol. The zero-order valence-corrected chi connectivity index (χ0v) is 13.4. The quantitative estimate of drug-likeness (QED) is 0.861. The number of furan rings is 1. The van der Waals surface area contributed by atoms with Gasteiger partial charge >= 0.3 is 0 Å². The number of rotatable bonds is 4. The summed E-state index contributed by atoms with van der Waals surface area (Å²) in [5.74, 6) is 1.35. The van der Waals surface area contributed by atoms with Crippen LogP contribution in [0.25, 0.3) is 0 Å². The van der Waals surface area contributed by atoms with Crippen molar-refractivity contribution in [1.82, 2.24) is 4.90 Å². The molecule has 0 radical (unpaired) electrons. The molecule has 1 aromatic carbocycles. The van der Waals surface area contributed by atoms with E-state index in [-0.39, 0.29) is 11.9 Å². The second-order valence-electron chi connectivity index (χ2n) is 5.66. The number of carbonyl (C=O) groups is 1. The Morgan fingerprint density at radius 2 is 1.91 bits per heavy atom. The third-order valence-corrected chi connectivity index (χ3v) is 3.59. The van der Waals surface area contributed by atoms with Gasteiger partial charge in [-0.25, -0.2) is 0 Å². The maximum absolute atomic E-state index is 12.8. The van der Waals surface area contributed by atoms with E-state index >= 15 is 0 Å². The van der Waals surface area contributed by atoms with Gasteiger partial charge < -0.3 is 9.32 Å². The molecule has 0 aliphatic carbocycles. The van der Waals surface area contributed by atoms with Crippen LogP contribution in [0, 0.1) is 25.2 Å². The highest BCUT2D eigenvalue weighted by atomic mass is 16.3. The van der Waals surface area contributed by atoms with Crippen molar-refractivity contribution in [2.45, 2.75) is 40.3 Å². The van der Waals surface area contributed by atoms with E-state index < -0.39 is 0 Å². The highest BCUT2D eigenvalue weighted by Gasteiger charge is 2.22. The van der Waals surface area contributed by atoms with E-state index in [4.69, 9.17) is 9.68 Å². The summed E-state index contributed by atoms with van der Waals surface area (Å²) in [6.07, 6.45) is 0. The Morgan fingerprint density at radius 3 is 2.36 bits per heavy atom. The lowest BCUT2D eigenvalue weighted by Gasteiger charge is -2.26. The van der Waals surface area contributed by atoms with Gasteiger partial charge in [-0.05, 0) is 51.5 Å². The summed E-state index contributed by atoms with van der Waals surface area (Å²) >= 11 is 0. The first-order valence-electron chi connectivity index (χ1n) is 7.29. The number of amides is 1. The van der Waals surface area contributed by atoms with Crippen molar-refractivity contribution < 1.29 is 9.21 Å². The summed E-state index contributed by atoms with van der Waals surface area (Å²) < 4.78 is 5.46. The zero-order chi connectivity index (χ0) is 16.3. The zero-order valence-electron chi connectivity index (χ0n) is 13.4. The van der Waals surface area contributed by atoms with Crippen LogP contribution < -0.4 is 0 Å². The number of hydrogen-bond acceptors (Lipinski definition) is 3. The van der Waals surface area contributed by atoms with E-state index in [1.807, 2.05) is 32.9 Å². The maximum atomic E-state index is 12.8. The van der Waals surface area contributed by atoms with Gasteiger partial charge in [-0.2, -0.15) is 5.26 Å². The van der Waals surface area contributed by atoms with Crippen molar-refractivity contribution in [3.63, 3.8) is 0 Å². The van der Waals surface area contributed by atoms with Gasteiger partial charge in [-0.1, -0.05) is 12.1 Å². The summed E-state index contributed by atoms with van der Waals surface area (Å²) in [7, 11) is 0. The van der Waals surface area contributed by atoms with E-state index in [1.54, 1.807) is 30.0 Å². The lowest BCUT2D eigenvalue weighted by atomic mass is 10.1. The molecule has 22 heavy (non-hydrogen) atoms. The summed E-state index contributed by atoms with van der Waals surface area (Å²) in [6, 6.07) is 11.3. The number of nitrogens with zero attached hydrogens (tertiary/aromatic N) is 2. The summed E-state index contributed by atoms with van der Waals surface area (Å²) in [5, 5.41) is 8.84. The fourth-order valence-corrected chi connectivity index (χ4v) is 2.37. The predicted octanol–water partition coefficient (Wildman–Crippen LogP) is 3.82. The molecular weight excluding hydrogens is 276 g/mol. The van der Waals surface area contributed by atoms with Crippen molar-refractivity contribution in [2.75, 3.05) is 0 Å². The fraction of sp³-hybridized carbons (Fsp3) is 0.333. The molecule has 0 saturated carbocycles. The molecule has 114 valence electrons. The molecular formula is C18H20N2O2. The Balaban J connectivity index is 2.24. The monoisotopic (exact) mass is 296 g/mol. The van der Waals surface area contributed by atoms with Crippen molar-refractivity contribution in [3.8, 4) is 6.07 Å². The van der Waals surface area contributed by atoms with E-state index in [9.17, 15) is 4.79 Å². The Labute approximate surface area is 131 Å². The molecule has 0 saturated heterocycles. The Kier molecular flexibility index (Phi) is 4.67. The Morgan fingerprint density at radius 1 is 1.27 bits per heavy atom. The molecule has 1 heterocycles. The summed E-state index contributed by atoms with van der Waals surface area (Å²) in [4.78, 5) is 14.6. The first-order valence-corrected chi connectivity index (χ1v) is 7.29. The second kappa shape index (κ2) is 6.48. The summed E-state index contributed by atoms with van der Waals surface area (Å²) in [5.41, 5.74) is 2.23. The van der Waals surface area contributed by atoms with Crippen molar-refractivity contribution in [1.29, 1.82) is 5.26 Å². The van der Waals surface area contributed by atoms with Crippen LogP contribution in [0.1, 0.15) is 46.9 Å². The minimum absolute atomic E-state index is 0.0336. The van der Waals surface area contributed by atoms with E-state index in [1.165, 1.54) is 0 Å². The molecule has 4 nitrogen and oxygen atoms in total. The number of hydrogen-bond donors (Lipinski definition) is 0. The minimum Gasteiger partial charge on any atom is -0.466 e. The van der Waals surface area contributed by atoms with Crippen LogP contribution in [-0.4, -0.2) is 16.8 Å². The van der Waals surface area contributed by atoms with Gasteiger partial charge in [0.1, 0.15) is 11.5 Å². The van der Waals surface area contributed by atoms with Gasteiger partial charge in [0.15, 0.2) is 0 Å². The maximum Gasteiger partial charge on any atom is 0.257 e. The van der Waals surface area contributed by atoms with Crippen LogP contribution in [0.15, 0.2) is 34.7 Å². The first kappa shape index (κ1) is 15.8. The molecule has 2 aromatic rings. The molecule has 1 amide bonds. The Hall–Kier alpha value is -2.54. The average Bonchev–Trinajstić information content (AvgIpc) is 2.83. The molecule has 0 N–H and O–H groups in total. The van der Waals surface area contributed by atoms with Crippen LogP contribution in [0.2, 0.25) is 0 Å². The van der Waals surface area contributed by atoms with E-state index in [0.29, 0.717) is 23.4 Å². The van der Waals surface area contributed by atoms with Gasteiger partial charge in [0.05, 0.1) is 17.2 Å². The van der Waals surface area contributed by atoms with Crippen LogP contribution >= 0.6 is 0 Å². The normalized spacial score (nSPS) is 10.5. The molecule has 4 heteroatoms. The average molecular weight is 296 g/mol. The lowest BCUT2D eigenvalue weighted by Crippen LogP contribution is -2.36. The third-order valence-electron chi connectivity index (χ3n) is 3.59. The number of aryl methyl sites for hydroxylation is 2. The van der Waals surface area contributed by atoms with E-state index in [2.05, 4.69) is 6.07 Å². The molecule has 0 spiro atoms. The highest BCUT2D eigenvalue weighted by Crippen LogP contribution is 2.19. The lowest BCUT2D eigenvalue weighted by molar-refractivity contribution is 0.0688. The molecule has 2 rings (SSSR count). The van der Waals surface area contributed by atoms with Gasteiger partial charge in [0, 0.05) is 12.6 Å². The van der Waals surface area contributed by atoms with Crippen LogP contribution in [0.3, 0.4) is 0 Å². The molecule has 0 atom stereocenters. The fourth-order valence-electron chi connectivity index (χ4n) is 2.37. The topological polar surface area (TPSA) is 57.2 Å². The molecule has 0 unspecified atom stereocenters. The smallest absolute Gasteiger partial charge is 0.257 e. The molecule has 0 fully saturated rings. The molecule has 0 bridgehead atoms. The molecule has 0 aliphatic heterocycles. The van der Waals surface area contributed by atoms with Crippen LogP contribution in [-0.2, 0) is 6.54 Å². The van der Waals surface area contributed by atoms with Crippen LogP contribution in [0.4, 0.5) is 0 Å². The van der Waals surface area contributed by atoms with Gasteiger partial charge in [-0.3, -0.25) is 4.79 Å². The van der Waals surface area contributed by atoms with Gasteiger partial charge in [-0.15, -0.1) is 0 Å². The van der Waals surface area contributed by atoms with Gasteiger partial charge in [0.2, 0.25) is 0 Å². The SMILES string of the molecule is Cc1cc(C(=O)N(Cc2ccc(C#N)cc2)C(C)C)c(C)o1. The van der Waals surface area contributed by atoms with E-state index in [0.717, 1.165) is 11.3 Å². The molecule has 0 aliphatic rings. The standard InChI is InChI=1S/C18H20N2O2/c1-12(2)20(11-16-7-5-15(10-19)6-8-16)18(21)17-9-13(3)22-14(17)4/h5-9,12H,11H2,1-4H3. The van der Waals surface area contributed by atoms with Crippen molar-refractivity contribution >= 4 is 5.91 Å². The first-order chi connectivity index (χ1) is 10.4. The summed E-state index contributed by atoms with van der Waals surface area (Å²) in [6.45, 7) is 8.13. The molecule has 1 aromatic heterocycles. The second-order valence-corrected chi connectivity index (χ2v) is 5.66. The number of benzene rings is 1. The van der Waals surface area contributed by atoms with Crippen LogP contribution in [0.5, 0.6) is 0 Å². The van der Waals surface area contributed by atoms with Crippen molar-refractivity contribution in [3.05, 3.63) is 58.5 Å². The number of carbonyl (C=O) groups excluding carboxylic acids is 1. The Bertz CT molecular complexity index is 706. The van der Waals surface area contributed by atoms with Gasteiger partial charge in [0.25, 0.3) is 5.91 Å². The minimum atomic E-state index is -0.0336. The van der Waals surface area contributed by atoms with Crippen molar-refractivity contribution in [2.24, 2.45) is 0 Å². The largest absolute Gasteiger partial charge is 0.466 e.